The van der Waals surface area contributed by atoms with Gasteiger partial charge in [-0.2, -0.15) is 22.0 Å². The Balaban J connectivity index is 2.91. The van der Waals surface area contributed by atoms with Crippen molar-refractivity contribution in [1.29, 1.82) is 0 Å². The van der Waals surface area contributed by atoms with Gasteiger partial charge in [-0.1, -0.05) is 0 Å². The number of nitrogens with one attached hydrogen (secondary N) is 1. The molecule has 1 aromatic rings. The quantitative estimate of drug-likeness (QED) is 0.844. The van der Waals surface area contributed by atoms with Crippen LogP contribution in [0.5, 0.6) is 0 Å². The van der Waals surface area contributed by atoms with E-state index >= 15 is 0 Å². The Kier molecular flexibility index (Phi) is 3.94. The Labute approximate surface area is 107 Å². The van der Waals surface area contributed by atoms with Crippen LogP contribution in [0.4, 0.5) is 27.8 Å². The van der Waals surface area contributed by atoms with Gasteiger partial charge in [0.15, 0.2) is 0 Å². The third-order valence-corrected chi connectivity index (χ3v) is 2.74. The molecule has 1 aromatic heterocycles. The van der Waals surface area contributed by atoms with Crippen molar-refractivity contribution in [3.63, 3.8) is 0 Å². The van der Waals surface area contributed by atoms with Gasteiger partial charge in [-0.15, -0.1) is 0 Å². The highest BCUT2D eigenvalue weighted by Gasteiger charge is 2.63. The number of alkyl halides is 5. The maximum Gasteiger partial charge on any atom is 0.463 e. The predicted octanol–water partition coefficient (Wildman–Crippen LogP) is 3.29. The van der Waals surface area contributed by atoms with Crippen LogP contribution in [0, 0.1) is 6.92 Å². The molecule has 0 bridgehead atoms. The van der Waals surface area contributed by atoms with E-state index in [0.717, 1.165) is 6.07 Å². The van der Waals surface area contributed by atoms with Crippen molar-refractivity contribution < 1.29 is 26.7 Å². The largest absolute Gasteiger partial charge is 0.463 e. The summed E-state index contributed by atoms with van der Waals surface area (Å²) >= 11 is 3.06. The fourth-order valence-electron chi connectivity index (χ4n) is 0.937. The first kappa shape index (κ1) is 14.8. The molecule has 0 aliphatic heterocycles. The number of aromatic nitrogens is 1. The van der Waals surface area contributed by atoms with E-state index in [1.165, 1.54) is 18.3 Å². The highest BCUT2D eigenvalue weighted by molar-refractivity contribution is 9.10. The molecule has 1 rings (SSSR count). The van der Waals surface area contributed by atoms with Crippen molar-refractivity contribution in [1.82, 2.24) is 4.98 Å². The van der Waals surface area contributed by atoms with Crippen molar-refractivity contribution in [2.75, 3.05) is 5.32 Å². The average Bonchev–Trinajstić information content (AvgIpc) is 2.21. The Morgan fingerprint density at radius 1 is 1.28 bits per heavy atom. The second-order valence-electron chi connectivity index (χ2n) is 3.29. The van der Waals surface area contributed by atoms with Crippen LogP contribution in [0.2, 0.25) is 0 Å². The summed E-state index contributed by atoms with van der Waals surface area (Å²) in [4.78, 5) is 14.5. The normalized spacial score (nSPS) is 12.4. The van der Waals surface area contributed by atoms with Gasteiger partial charge in [-0.3, -0.25) is 4.79 Å². The van der Waals surface area contributed by atoms with Crippen LogP contribution < -0.4 is 5.32 Å². The van der Waals surface area contributed by atoms with Crippen LogP contribution >= 0.6 is 15.9 Å². The number of carbonyl (C=O) groups is 1. The fraction of sp³-hybridized carbons (Fsp3) is 0.333. The molecule has 0 unspecified atom stereocenters. The first-order valence-electron chi connectivity index (χ1n) is 4.45. The number of nitrogens with zero attached hydrogens (tertiary/aromatic N) is 1. The molecule has 0 saturated heterocycles. The van der Waals surface area contributed by atoms with Crippen LogP contribution in [0.25, 0.3) is 0 Å². The summed E-state index contributed by atoms with van der Waals surface area (Å²) in [7, 11) is 0. The summed E-state index contributed by atoms with van der Waals surface area (Å²) < 4.78 is 61.4. The van der Waals surface area contributed by atoms with Crippen LogP contribution in [0.15, 0.2) is 16.6 Å². The summed E-state index contributed by atoms with van der Waals surface area (Å²) in [5.74, 6) is -8.32. The SMILES string of the molecule is Cc1nc(NC(=O)C(F)(F)C(F)(F)F)ccc1Br. The summed E-state index contributed by atoms with van der Waals surface area (Å²) in [5, 5.41) is 1.42. The van der Waals surface area contributed by atoms with E-state index in [1.54, 1.807) is 0 Å². The molecule has 0 radical (unpaired) electrons. The molecule has 0 spiro atoms. The molecule has 0 fully saturated rings. The number of aryl methyl sites for hydroxylation is 1. The minimum atomic E-state index is -5.94. The molecule has 100 valence electrons. The number of pyridine rings is 1. The first-order chi connectivity index (χ1) is 8.05. The monoisotopic (exact) mass is 332 g/mol. The van der Waals surface area contributed by atoms with Crippen molar-refractivity contribution in [3.05, 3.63) is 22.3 Å². The van der Waals surface area contributed by atoms with E-state index in [1.807, 2.05) is 0 Å². The van der Waals surface area contributed by atoms with E-state index < -0.39 is 18.0 Å². The molecule has 0 atom stereocenters. The van der Waals surface area contributed by atoms with E-state index in [4.69, 9.17) is 0 Å². The topological polar surface area (TPSA) is 42.0 Å². The lowest BCUT2D eigenvalue weighted by Gasteiger charge is -2.18. The number of hydrogen-bond acceptors (Lipinski definition) is 2. The van der Waals surface area contributed by atoms with Crippen molar-refractivity contribution in [3.8, 4) is 0 Å². The Morgan fingerprint density at radius 2 is 1.83 bits per heavy atom. The zero-order valence-corrected chi connectivity index (χ0v) is 10.4. The number of halogens is 6. The van der Waals surface area contributed by atoms with Gasteiger partial charge in [0.2, 0.25) is 0 Å². The number of hydrogen-bond donors (Lipinski definition) is 1. The lowest BCUT2D eigenvalue weighted by molar-refractivity contribution is -0.267. The minimum Gasteiger partial charge on any atom is -0.305 e. The Hall–Kier alpha value is -1.25. The molecular formula is C9H6BrF5N2O. The maximum atomic E-state index is 12.6. The fourth-order valence-corrected chi connectivity index (χ4v) is 1.16. The van der Waals surface area contributed by atoms with Gasteiger partial charge in [0.1, 0.15) is 5.82 Å². The Bertz CT molecular complexity index is 475. The smallest absolute Gasteiger partial charge is 0.305 e. The second kappa shape index (κ2) is 4.79. The zero-order valence-electron chi connectivity index (χ0n) is 8.78. The average molecular weight is 333 g/mol. The molecule has 0 aromatic carbocycles. The lowest BCUT2D eigenvalue weighted by atomic mass is 10.3. The Morgan fingerprint density at radius 3 is 2.28 bits per heavy atom. The van der Waals surface area contributed by atoms with Crippen molar-refractivity contribution >= 4 is 27.7 Å². The highest BCUT2D eigenvalue weighted by atomic mass is 79.9. The van der Waals surface area contributed by atoms with Crippen LogP contribution in [0.3, 0.4) is 0 Å². The van der Waals surface area contributed by atoms with Crippen molar-refractivity contribution in [2.45, 2.75) is 19.0 Å². The molecule has 1 N–H and O–H groups in total. The predicted molar refractivity (Wildman–Crippen MR) is 56.3 cm³/mol. The second-order valence-corrected chi connectivity index (χ2v) is 4.14. The summed E-state index contributed by atoms with van der Waals surface area (Å²) in [6.45, 7) is 1.49. The van der Waals surface area contributed by atoms with E-state index in [-0.39, 0.29) is 5.82 Å². The molecule has 0 aliphatic carbocycles. The number of rotatable bonds is 2. The highest BCUT2D eigenvalue weighted by Crippen LogP contribution is 2.36. The molecule has 1 heterocycles. The standard InChI is InChI=1S/C9H6BrF5N2O/c1-4-5(10)2-3-6(16-4)17-7(18)8(11,12)9(13,14)15/h2-3H,1H3,(H,16,17,18). The van der Waals surface area contributed by atoms with Gasteiger partial charge >= 0.3 is 18.0 Å². The van der Waals surface area contributed by atoms with Gasteiger partial charge < -0.3 is 5.32 Å². The van der Waals surface area contributed by atoms with Crippen LogP contribution in [-0.4, -0.2) is 23.0 Å². The van der Waals surface area contributed by atoms with E-state index in [2.05, 4.69) is 20.9 Å². The summed E-state index contributed by atoms with van der Waals surface area (Å²) in [5.41, 5.74) is 0.336. The van der Waals surface area contributed by atoms with E-state index in [9.17, 15) is 26.7 Å². The third-order valence-electron chi connectivity index (χ3n) is 1.90. The molecule has 3 nitrogen and oxygen atoms in total. The maximum absolute atomic E-state index is 12.6. The zero-order chi connectivity index (χ0) is 14.1. The molecule has 0 saturated carbocycles. The van der Waals surface area contributed by atoms with Crippen molar-refractivity contribution in [2.24, 2.45) is 0 Å². The van der Waals surface area contributed by atoms with Gasteiger partial charge in [0.05, 0.1) is 5.69 Å². The number of carbonyl (C=O) groups excluding carboxylic acids is 1. The third kappa shape index (κ3) is 2.95. The lowest BCUT2D eigenvalue weighted by Crippen LogP contribution is -2.47. The van der Waals surface area contributed by atoms with Crippen LogP contribution in [0.1, 0.15) is 5.69 Å². The van der Waals surface area contributed by atoms with Gasteiger partial charge in [0, 0.05) is 4.47 Å². The first-order valence-corrected chi connectivity index (χ1v) is 5.24. The van der Waals surface area contributed by atoms with Gasteiger partial charge in [0.25, 0.3) is 0 Å². The summed E-state index contributed by atoms with van der Waals surface area (Å²) in [6, 6.07) is 2.46. The van der Waals surface area contributed by atoms with Gasteiger partial charge in [-0.05, 0) is 35.0 Å². The number of anilines is 1. The molecule has 1 amide bonds. The summed E-state index contributed by atoms with van der Waals surface area (Å²) in [6.07, 6.45) is -5.94. The van der Waals surface area contributed by atoms with Crippen LogP contribution in [-0.2, 0) is 4.79 Å². The van der Waals surface area contributed by atoms with E-state index in [0.29, 0.717) is 10.2 Å². The molecular weight excluding hydrogens is 327 g/mol. The minimum absolute atomic E-state index is 0.336. The van der Waals surface area contributed by atoms with Gasteiger partial charge in [-0.25, -0.2) is 4.98 Å². The number of amides is 1. The molecule has 0 aliphatic rings. The molecule has 18 heavy (non-hydrogen) atoms. The molecule has 9 heteroatoms.